The first kappa shape index (κ1) is 12.4. The number of halogens is 1. The molecule has 0 unspecified atom stereocenters. The van der Waals surface area contributed by atoms with E-state index in [1.54, 1.807) is 36.4 Å². The lowest BCUT2D eigenvalue weighted by molar-refractivity contribution is 0.102. The van der Waals surface area contributed by atoms with Crippen molar-refractivity contribution in [3.8, 4) is 0 Å². The summed E-state index contributed by atoms with van der Waals surface area (Å²) in [5, 5.41) is 11.1. The lowest BCUT2D eigenvalue weighted by atomic mass is 10.3. The van der Waals surface area contributed by atoms with Gasteiger partial charge in [0.05, 0.1) is 12.0 Å². The highest BCUT2D eigenvalue weighted by atomic mass is 35.5. The van der Waals surface area contributed by atoms with Crippen molar-refractivity contribution in [1.82, 2.24) is 0 Å². The lowest BCUT2D eigenvalue weighted by Crippen LogP contribution is -2.09. The summed E-state index contributed by atoms with van der Waals surface area (Å²) in [4.78, 5) is 11.6. The number of rotatable bonds is 4. The zero-order valence-corrected chi connectivity index (χ0v) is 10.0. The van der Waals surface area contributed by atoms with Crippen LogP contribution in [0.1, 0.15) is 10.6 Å². The number of hydroxylamine groups is 1. The van der Waals surface area contributed by atoms with Crippen molar-refractivity contribution < 1.29 is 14.4 Å². The average molecular weight is 264 g/mol. The number of hydrogen-bond acceptors (Lipinski definition) is 4. The molecule has 0 spiro atoms. The van der Waals surface area contributed by atoms with Crippen molar-refractivity contribution in [2.24, 2.45) is 0 Å². The number of carbonyl (C=O) groups excluding carboxylic acids is 1. The van der Waals surface area contributed by atoms with Crippen LogP contribution in [0, 0.1) is 0 Å². The highest BCUT2D eigenvalue weighted by Crippen LogP contribution is 2.16. The van der Waals surface area contributed by atoms with Gasteiger partial charge in [0.2, 0.25) is 5.78 Å². The van der Waals surface area contributed by atoms with Crippen LogP contribution in [0.15, 0.2) is 59.4 Å². The molecule has 5 heteroatoms. The van der Waals surface area contributed by atoms with Gasteiger partial charge >= 0.3 is 0 Å². The molecule has 0 amide bonds. The fourth-order valence-corrected chi connectivity index (χ4v) is 1.45. The van der Waals surface area contributed by atoms with Crippen molar-refractivity contribution in [3.05, 3.63) is 65.7 Å². The second kappa shape index (κ2) is 5.53. The molecule has 1 aromatic heterocycles. The van der Waals surface area contributed by atoms with E-state index in [4.69, 9.17) is 16.0 Å². The summed E-state index contributed by atoms with van der Waals surface area (Å²) in [6.07, 6.45) is 3.87. The molecule has 0 radical (unpaired) electrons. The van der Waals surface area contributed by atoms with Gasteiger partial charge < -0.3 is 4.42 Å². The molecule has 1 aromatic carbocycles. The third kappa shape index (κ3) is 3.00. The molecule has 0 bridgehead atoms. The summed E-state index contributed by atoms with van der Waals surface area (Å²) in [7, 11) is 0. The summed E-state index contributed by atoms with van der Waals surface area (Å²) in [6, 6.07) is 9.71. The number of allylic oxidation sites excluding steroid dienone is 1. The number of benzene rings is 1. The van der Waals surface area contributed by atoms with Crippen LogP contribution in [0.4, 0.5) is 5.69 Å². The minimum absolute atomic E-state index is 0.218. The van der Waals surface area contributed by atoms with Crippen molar-refractivity contribution in [1.29, 1.82) is 0 Å². The molecular weight excluding hydrogens is 254 g/mol. The van der Waals surface area contributed by atoms with Gasteiger partial charge in [0.1, 0.15) is 0 Å². The van der Waals surface area contributed by atoms with Gasteiger partial charge in [-0.1, -0.05) is 11.6 Å². The fraction of sp³-hybridized carbons (Fsp3) is 0. The van der Waals surface area contributed by atoms with Crippen molar-refractivity contribution in [2.45, 2.75) is 0 Å². The first-order chi connectivity index (χ1) is 8.66. The van der Waals surface area contributed by atoms with Gasteiger partial charge in [-0.15, -0.1) is 0 Å². The molecule has 1 N–H and O–H groups in total. The summed E-state index contributed by atoms with van der Waals surface area (Å²) in [6.45, 7) is 0. The highest BCUT2D eigenvalue weighted by Gasteiger charge is 2.05. The molecule has 0 saturated heterocycles. The second-order valence-corrected chi connectivity index (χ2v) is 3.91. The van der Waals surface area contributed by atoms with Crippen molar-refractivity contribution >= 4 is 23.1 Å². The van der Waals surface area contributed by atoms with Gasteiger partial charge in [-0.2, -0.15) is 0 Å². The highest BCUT2D eigenvalue weighted by molar-refractivity contribution is 6.30. The Hall–Kier alpha value is -2.04. The van der Waals surface area contributed by atoms with E-state index in [0.29, 0.717) is 10.7 Å². The molecule has 2 aromatic rings. The Morgan fingerprint density at radius 3 is 2.61 bits per heavy atom. The topological polar surface area (TPSA) is 53.7 Å². The Balaban J connectivity index is 2.05. The smallest absolute Gasteiger partial charge is 0.222 e. The maximum Gasteiger partial charge on any atom is 0.222 e. The fourth-order valence-electron chi connectivity index (χ4n) is 1.32. The van der Waals surface area contributed by atoms with E-state index in [2.05, 4.69) is 0 Å². The van der Waals surface area contributed by atoms with Gasteiger partial charge in [0.15, 0.2) is 5.76 Å². The molecule has 4 nitrogen and oxygen atoms in total. The van der Waals surface area contributed by atoms with Gasteiger partial charge in [0, 0.05) is 17.3 Å². The van der Waals surface area contributed by atoms with E-state index in [-0.39, 0.29) is 11.5 Å². The van der Waals surface area contributed by atoms with E-state index in [9.17, 15) is 10.0 Å². The molecule has 0 aliphatic rings. The maximum absolute atomic E-state index is 11.6. The number of anilines is 1. The molecule has 0 saturated carbocycles. The molecule has 2 rings (SSSR count). The zero-order chi connectivity index (χ0) is 13.0. The van der Waals surface area contributed by atoms with Crippen LogP contribution in [0.5, 0.6) is 0 Å². The summed E-state index contributed by atoms with van der Waals surface area (Å²) in [5.74, 6) is -0.108. The van der Waals surface area contributed by atoms with Crippen LogP contribution in [0.2, 0.25) is 5.02 Å². The Morgan fingerprint density at radius 1 is 1.28 bits per heavy atom. The lowest BCUT2D eigenvalue weighted by Gasteiger charge is -2.10. The van der Waals surface area contributed by atoms with Crippen LogP contribution in [-0.4, -0.2) is 11.0 Å². The van der Waals surface area contributed by atoms with Crippen LogP contribution >= 0.6 is 11.6 Å². The third-order valence-corrected chi connectivity index (χ3v) is 2.47. The first-order valence-corrected chi connectivity index (χ1v) is 5.54. The Bertz CT molecular complexity index is 546. The first-order valence-electron chi connectivity index (χ1n) is 5.16. The molecule has 92 valence electrons. The monoisotopic (exact) mass is 263 g/mol. The number of carbonyl (C=O) groups is 1. The summed E-state index contributed by atoms with van der Waals surface area (Å²) < 4.78 is 4.93. The largest absolute Gasteiger partial charge is 0.461 e. The summed E-state index contributed by atoms with van der Waals surface area (Å²) >= 11 is 5.73. The minimum Gasteiger partial charge on any atom is -0.461 e. The average Bonchev–Trinajstić information content (AvgIpc) is 2.90. The van der Waals surface area contributed by atoms with E-state index < -0.39 is 0 Å². The maximum atomic E-state index is 11.6. The second-order valence-electron chi connectivity index (χ2n) is 3.48. The number of hydrogen-bond donors (Lipinski definition) is 1. The van der Waals surface area contributed by atoms with Gasteiger partial charge in [-0.3, -0.25) is 10.0 Å². The molecule has 0 aliphatic heterocycles. The standard InChI is InChI=1S/C13H10ClNO3/c14-10-3-5-11(6-4-10)15(17)8-7-12(16)13-2-1-9-18-13/h1-9,17H. The van der Waals surface area contributed by atoms with Crippen LogP contribution in [0.25, 0.3) is 0 Å². The number of furan rings is 1. The zero-order valence-electron chi connectivity index (χ0n) is 9.29. The SMILES string of the molecule is O=C(C=CN(O)c1ccc(Cl)cc1)c1ccco1. The third-order valence-electron chi connectivity index (χ3n) is 2.22. The Kier molecular flexibility index (Phi) is 3.82. The van der Waals surface area contributed by atoms with Crippen molar-refractivity contribution in [3.63, 3.8) is 0 Å². The van der Waals surface area contributed by atoms with Crippen molar-refractivity contribution in [2.75, 3.05) is 5.06 Å². The molecule has 0 fully saturated rings. The van der Waals surface area contributed by atoms with E-state index in [0.717, 1.165) is 5.06 Å². The molecule has 18 heavy (non-hydrogen) atoms. The van der Waals surface area contributed by atoms with E-state index in [1.165, 1.54) is 18.5 Å². The molecule has 1 heterocycles. The van der Waals surface area contributed by atoms with E-state index in [1.807, 2.05) is 0 Å². The Labute approximate surface area is 109 Å². The number of ketones is 1. The molecule has 0 aliphatic carbocycles. The van der Waals surface area contributed by atoms with Crippen LogP contribution < -0.4 is 5.06 Å². The predicted octanol–water partition coefficient (Wildman–Crippen LogP) is 3.53. The Morgan fingerprint density at radius 2 is 2.00 bits per heavy atom. The van der Waals surface area contributed by atoms with Crippen LogP contribution in [-0.2, 0) is 0 Å². The molecule has 0 atom stereocenters. The normalized spacial score (nSPS) is 10.8. The van der Waals surface area contributed by atoms with Gasteiger partial charge in [-0.05, 0) is 36.4 Å². The number of nitrogens with zero attached hydrogens (tertiary/aromatic N) is 1. The minimum atomic E-state index is -0.326. The van der Waals surface area contributed by atoms with Gasteiger partial charge in [0.25, 0.3) is 0 Å². The molecular formula is C13H10ClNO3. The summed E-state index contributed by atoms with van der Waals surface area (Å²) in [5.41, 5.74) is 0.503. The van der Waals surface area contributed by atoms with E-state index >= 15 is 0 Å². The predicted molar refractivity (Wildman–Crippen MR) is 67.9 cm³/mol. The van der Waals surface area contributed by atoms with Crippen LogP contribution in [0.3, 0.4) is 0 Å². The van der Waals surface area contributed by atoms with Gasteiger partial charge in [-0.25, -0.2) is 5.06 Å². The quantitative estimate of drug-likeness (QED) is 0.521.